The van der Waals surface area contributed by atoms with Crippen LogP contribution in [0.3, 0.4) is 0 Å². The van der Waals surface area contributed by atoms with E-state index in [1.807, 2.05) is 43.3 Å². The van der Waals surface area contributed by atoms with Gasteiger partial charge < -0.3 is 15.0 Å². The van der Waals surface area contributed by atoms with Crippen molar-refractivity contribution in [2.24, 2.45) is 0 Å². The van der Waals surface area contributed by atoms with Crippen LogP contribution < -0.4 is 15.6 Å². The number of aromatic amines is 1. The van der Waals surface area contributed by atoms with E-state index in [4.69, 9.17) is 4.74 Å². The van der Waals surface area contributed by atoms with E-state index in [0.717, 1.165) is 22.6 Å². The number of benzene rings is 1. The molecule has 0 spiro atoms. The molecule has 0 bridgehead atoms. The van der Waals surface area contributed by atoms with Crippen LogP contribution in [0.4, 0.5) is 0 Å². The highest BCUT2D eigenvalue weighted by atomic mass is 16.5. The topological polar surface area (TPSA) is 54.1 Å². The van der Waals surface area contributed by atoms with Gasteiger partial charge in [0.05, 0.1) is 6.61 Å². The zero-order valence-corrected chi connectivity index (χ0v) is 12.8. The molecule has 112 valence electrons. The molecule has 0 atom stereocenters. The smallest absolute Gasteiger partial charge is 0.252 e. The van der Waals surface area contributed by atoms with Crippen LogP contribution in [-0.4, -0.2) is 17.6 Å². The first-order valence-electron chi connectivity index (χ1n) is 7.29. The summed E-state index contributed by atoms with van der Waals surface area (Å²) >= 11 is 0. The van der Waals surface area contributed by atoms with Crippen LogP contribution in [0.2, 0.25) is 0 Å². The van der Waals surface area contributed by atoms with Crippen molar-refractivity contribution in [2.75, 3.05) is 6.61 Å². The molecule has 4 heteroatoms. The summed E-state index contributed by atoms with van der Waals surface area (Å²) < 4.78 is 5.41. The molecule has 0 aliphatic rings. The predicted molar refractivity (Wildman–Crippen MR) is 85.6 cm³/mol. The number of ether oxygens (including phenoxy) is 1. The highest BCUT2D eigenvalue weighted by Gasteiger charge is 2.04. The molecule has 2 rings (SSSR count). The monoisotopic (exact) mass is 286 g/mol. The average molecular weight is 286 g/mol. The number of pyridine rings is 1. The summed E-state index contributed by atoms with van der Waals surface area (Å²) in [5.74, 6) is 0.835. The van der Waals surface area contributed by atoms with Crippen molar-refractivity contribution in [3.63, 3.8) is 0 Å². The van der Waals surface area contributed by atoms with Crippen molar-refractivity contribution >= 4 is 0 Å². The minimum atomic E-state index is -0.0467. The van der Waals surface area contributed by atoms with Gasteiger partial charge in [-0.2, -0.15) is 0 Å². The molecule has 0 amide bonds. The molecule has 0 unspecified atom stereocenters. The quantitative estimate of drug-likeness (QED) is 0.858. The Labute approximate surface area is 125 Å². The molecular formula is C17H22N2O2. The van der Waals surface area contributed by atoms with Gasteiger partial charge in [-0.05, 0) is 42.8 Å². The van der Waals surface area contributed by atoms with E-state index in [1.54, 1.807) is 0 Å². The number of nitrogens with one attached hydrogen (secondary N) is 2. The van der Waals surface area contributed by atoms with E-state index < -0.39 is 0 Å². The van der Waals surface area contributed by atoms with Crippen LogP contribution in [0.5, 0.6) is 5.75 Å². The summed E-state index contributed by atoms with van der Waals surface area (Å²) in [6.07, 6.45) is 0. The summed E-state index contributed by atoms with van der Waals surface area (Å²) in [7, 11) is 0. The SMILES string of the molecule is CCOc1ccc(-c2ccc(CNC(C)C)c(=O)[nH]2)cc1. The maximum atomic E-state index is 12.1. The van der Waals surface area contributed by atoms with E-state index in [-0.39, 0.29) is 5.56 Å². The van der Waals surface area contributed by atoms with Gasteiger partial charge in [-0.3, -0.25) is 4.79 Å². The van der Waals surface area contributed by atoms with Crippen LogP contribution in [0.25, 0.3) is 11.3 Å². The lowest BCUT2D eigenvalue weighted by Crippen LogP contribution is -2.26. The van der Waals surface area contributed by atoms with Gasteiger partial charge in [0.1, 0.15) is 5.75 Å². The fourth-order valence-corrected chi connectivity index (χ4v) is 2.02. The maximum Gasteiger partial charge on any atom is 0.252 e. The molecule has 1 aromatic carbocycles. The van der Waals surface area contributed by atoms with Crippen molar-refractivity contribution in [3.05, 3.63) is 52.3 Å². The van der Waals surface area contributed by atoms with E-state index in [9.17, 15) is 4.79 Å². The second-order valence-corrected chi connectivity index (χ2v) is 5.22. The van der Waals surface area contributed by atoms with Crippen molar-refractivity contribution in [1.82, 2.24) is 10.3 Å². The minimum Gasteiger partial charge on any atom is -0.494 e. The number of H-pyrrole nitrogens is 1. The van der Waals surface area contributed by atoms with E-state index >= 15 is 0 Å². The second-order valence-electron chi connectivity index (χ2n) is 5.22. The molecule has 0 saturated carbocycles. The standard InChI is InChI=1S/C17H22N2O2/c1-4-21-15-8-5-13(6-9-15)16-10-7-14(17(20)19-16)11-18-12(2)3/h5-10,12,18H,4,11H2,1-3H3,(H,19,20). The number of aromatic nitrogens is 1. The molecule has 0 saturated heterocycles. The molecule has 0 aliphatic heterocycles. The Kier molecular flexibility index (Phi) is 5.17. The normalized spacial score (nSPS) is 10.9. The molecule has 2 N–H and O–H groups in total. The number of rotatable bonds is 6. The fourth-order valence-electron chi connectivity index (χ4n) is 2.02. The third kappa shape index (κ3) is 4.20. The molecule has 2 aromatic rings. The fraction of sp³-hybridized carbons (Fsp3) is 0.353. The van der Waals surface area contributed by atoms with Crippen LogP contribution in [-0.2, 0) is 6.54 Å². The van der Waals surface area contributed by atoms with Gasteiger partial charge >= 0.3 is 0 Å². The van der Waals surface area contributed by atoms with Crippen LogP contribution in [0.1, 0.15) is 26.3 Å². The Morgan fingerprint density at radius 1 is 1.14 bits per heavy atom. The summed E-state index contributed by atoms with van der Waals surface area (Å²) in [6.45, 7) is 7.30. The highest BCUT2D eigenvalue weighted by Crippen LogP contribution is 2.20. The van der Waals surface area contributed by atoms with Crippen molar-refractivity contribution in [1.29, 1.82) is 0 Å². The first kappa shape index (κ1) is 15.3. The molecular weight excluding hydrogens is 264 g/mol. The second kappa shape index (κ2) is 7.09. The third-order valence-electron chi connectivity index (χ3n) is 3.17. The largest absolute Gasteiger partial charge is 0.494 e. The maximum absolute atomic E-state index is 12.1. The number of hydrogen-bond acceptors (Lipinski definition) is 3. The Hall–Kier alpha value is -2.07. The molecule has 4 nitrogen and oxygen atoms in total. The molecule has 0 fully saturated rings. The van der Waals surface area contributed by atoms with Crippen LogP contribution in [0.15, 0.2) is 41.2 Å². The summed E-state index contributed by atoms with van der Waals surface area (Å²) in [4.78, 5) is 15.0. The Balaban J connectivity index is 2.17. The van der Waals surface area contributed by atoms with Crippen molar-refractivity contribution in [3.8, 4) is 17.0 Å². The van der Waals surface area contributed by atoms with Gasteiger partial charge in [0, 0.05) is 23.8 Å². The van der Waals surface area contributed by atoms with Gasteiger partial charge in [0.2, 0.25) is 0 Å². The van der Waals surface area contributed by atoms with Crippen molar-refractivity contribution in [2.45, 2.75) is 33.4 Å². The van der Waals surface area contributed by atoms with E-state index in [0.29, 0.717) is 19.2 Å². The van der Waals surface area contributed by atoms with Crippen molar-refractivity contribution < 1.29 is 4.74 Å². The van der Waals surface area contributed by atoms with Crippen LogP contribution in [0, 0.1) is 0 Å². The molecule has 1 heterocycles. The summed E-state index contributed by atoms with van der Waals surface area (Å²) in [5.41, 5.74) is 2.49. The molecule has 0 aliphatic carbocycles. The van der Waals surface area contributed by atoms with Gasteiger partial charge in [0.25, 0.3) is 5.56 Å². The van der Waals surface area contributed by atoms with Crippen LogP contribution >= 0.6 is 0 Å². The first-order valence-corrected chi connectivity index (χ1v) is 7.29. The average Bonchev–Trinajstić information content (AvgIpc) is 2.47. The Morgan fingerprint density at radius 3 is 2.43 bits per heavy atom. The highest BCUT2D eigenvalue weighted by molar-refractivity contribution is 5.60. The first-order chi connectivity index (χ1) is 10.1. The van der Waals surface area contributed by atoms with Gasteiger partial charge in [-0.1, -0.05) is 19.9 Å². The molecule has 0 radical (unpaired) electrons. The Bertz CT molecular complexity index is 630. The molecule has 1 aromatic heterocycles. The predicted octanol–water partition coefficient (Wildman–Crippen LogP) is 2.94. The zero-order valence-electron chi connectivity index (χ0n) is 12.8. The zero-order chi connectivity index (χ0) is 15.2. The van der Waals surface area contributed by atoms with Gasteiger partial charge in [-0.15, -0.1) is 0 Å². The molecule has 21 heavy (non-hydrogen) atoms. The van der Waals surface area contributed by atoms with E-state index in [2.05, 4.69) is 24.1 Å². The number of hydrogen-bond donors (Lipinski definition) is 2. The lowest BCUT2D eigenvalue weighted by molar-refractivity contribution is 0.340. The Morgan fingerprint density at radius 2 is 1.86 bits per heavy atom. The summed E-state index contributed by atoms with van der Waals surface area (Å²) in [6, 6.07) is 11.9. The van der Waals surface area contributed by atoms with Gasteiger partial charge in [0.15, 0.2) is 0 Å². The third-order valence-corrected chi connectivity index (χ3v) is 3.17. The summed E-state index contributed by atoms with van der Waals surface area (Å²) in [5, 5.41) is 3.25. The lowest BCUT2D eigenvalue weighted by atomic mass is 10.1. The minimum absolute atomic E-state index is 0.0467. The lowest BCUT2D eigenvalue weighted by Gasteiger charge is -2.09. The van der Waals surface area contributed by atoms with E-state index in [1.165, 1.54) is 0 Å². The van der Waals surface area contributed by atoms with Gasteiger partial charge in [-0.25, -0.2) is 0 Å².